The summed E-state index contributed by atoms with van der Waals surface area (Å²) in [4.78, 5) is 0. The molecule has 4 nitrogen and oxygen atoms in total. The normalized spacial score (nSPS) is 13.3. The fourth-order valence-corrected chi connectivity index (χ4v) is 6.65. The molecule has 0 spiro atoms. The standard InChI is InChI=1S/C14H34N2O2Si/c1-9-11-15(12-10-2)19(17-7,18-8)16(13(3)4)14(5)6/h13-14H,9-12H2,1-8H3. The molecule has 0 saturated carbocycles. The van der Waals surface area contributed by atoms with Gasteiger partial charge in [-0.25, -0.2) is 0 Å². The first kappa shape index (κ1) is 19.1. The van der Waals surface area contributed by atoms with Crippen molar-refractivity contribution in [3.05, 3.63) is 0 Å². The molecule has 0 atom stereocenters. The van der Waals surface area contributed by atoms with Crippen molar-refractivity contribution < 1.29 is 8.85 Å². The van der Waals surface area contributed by atoms with Crippen LogP contribution in [-0.2, 0) is 8.85 Å². The van der Waals surface area contributed by atoms with Crippen molar-refractivity contribution in [3.63, 3.8) is 0 Å². The van der Waals surface area contributed by atoms with E-state index in [9.17, 15) is 0 Å². The van der Waals surface area contributed by atoms with Crippen molar-refractivity contribution in [3.8, 4) is 0 Å². The maximum atomic E-state index is 6.01. The molecule has 0 rings (SSSR count). The van der Waals surface area contributed by atoms with E-state index in [0.717, 1.165) is 25.9 Å². The van der Waals surface area contributed by atoms with Gasteiger partial charge in [0.25, 0.3) is 0 Å². The van der Waals surface area contributed by atoms with E-state index in [2.05, 4.69) is 50.7 Å². The Labute approximate surface area is 121 Å². The van der Waals surface area contributed by atoms with E-state index < -0.39 is 8.88 Å². The van der Waals surface area contributed by atoms with Crippen molar-refractivity contribution in [1.82, 2.24) is 9.13 Å². The van der Waals surface area contributed by atoms with Crippen LogP contribution in [0.15, 0.2) is 0 Å². The quantitative estimate of drug-likeness (QED) is 0.578. The second kappa shape index (κ2) is 9.08. The van der Waals surface area contributed by atoms with Gasteiger partial charge in [-0.05, 0) is 25.9 Å². The molecule has 0 aliphatic rings. The Morgan fingerprint density at radius 3 is 1.42 bits per heavy atom. The summed E-state index contributed by atoms with van der Waals surface area (Å²) in [5.41, 5.74) is 0. The van der Waals surface area contributed by atoms with Crippen LogP contribution in [0.25, 0.3) is 0 Å². The van der Waals surface area contributed by atoms with Crippen LogP contribution in [0.3, 0.4) is 0 Å². The van der Waals surface area contributed by atoms with E-state index in [1.165, 1.54) is 0 Å². The zero-order valence-corrected chi connectivity index (χ0v) is 15.2. The smallest absolute Gasteiger partial charge is 0.374 e. The molecule has 0 saturated heterocycles. The molecule has 0 N–H and O–H groups in total. The van der Waals surface area contributed by atoms with Crippen molar-refractivity contribution >= 4 is 8.88 Å². The van der Waals surface area contributed by atoms with Crippen LogP contribution >= 0.6 is 0 Å². The third kappa shape index (κ3) is 4.53. The average Bonchev–Trinajstić information content (AvgIpc) is 2.34. The summed E-state index contributed by atoms with van der Waals surface area (Å²) >= 11 is 0. The molecular weight excluding hydrogens is 256 g/mol. The van der Waals surface area contributed by atoms with Gasteiger partial charge in [-0.3, -0.25) is 9.13 Å². The van der Waals surface area contributed by atoms with Gasteiger partial charge < -0.3 is 8.85 Å². The first-order valence-electron chi connectivity index (χ1n) is 7.54. The van der Waals surface area contributed by atoms with Crippen LogP contribution < -0.4 is 0 Å². The van der Waals surface area contributed by atoms with Crippen LogP contribution in [0.1, 0.15) is 54.4 Å². The van der Waals surface area contributed by atoms with Gasteiger partial charge in [0.1, 0.15) is 0 Å². The Balaban J connectivity index is 5.49. The second-order valence-electron chi connectivity index (χ2n) is 5.54. The first-order chi connectivity index (χ1) is 8.91. The summed E-state index contributed by atoms with van der Waals surface area (Å²) in [6, 6.07) is 0.811. The lowest BCUT2D eigenvalue weighted by atomic mass is 10.3. The minimum Gasteiger partial charge on any atom is -0.374 e. The highest BCUT2D eigenvalue weighted by Crippen LogP contribution is 2.24. The minimum absolute atomic E-state index is 0.405. The topological polar surface area (TPSA) is 24.9 Å². The largest absolute Gasteiger partial charge is 0.522 e. The lowest BCUT2D eigenvalue weighted by Gasteiger charge is -2.48. The predicted octanol–water partition coefficient (Wildman–Crippen LogP) is 2.96. The molecule has 0 bridgehead atoms. The van der Waals surface area contributed by atoms with Crippen molar-refractivity contribution in [2.24, 2.45) is 0 Å². The van der Waals surface area contributed by atoms with E-state index in [1.54, 1.807) is 14.2 Å². The molecule has 0 aromatic heterocycles. The Morgan fingerprint density at radius 1 is 0.842 bits per heavy atom. The summed E-state index contributed by atoms with van der Waals surface area (Å²) in [6.07, 6.45) is 2.23. The third-order valence-corrected chi connectivity index (χ3v) is 7.35. The molecule has 0 heterocycles. The lowest BCUT2D eigenvalue weighted by Crippen LogP contribution is -2.72. The number of hydrogen-bond donors (Lipinski definition) is 0. The van der Waals surface area contributed by atoms with E-state index in [1.807, 2.05) is 0 Å². The van der Waals surface area contributed by atoms with Crippen molar-refractivity contribution in [1.29, 1.82) is 0 Å². The zero-order valence-electron chi connectivity index (χ0n) is 14.2. The Hall–Kier alpha value is 0.0569. The van der Waals surface area contributed by atoms with Gasteiger partial charge in [-0.2, -0.15) is 0 Å². The molecule has 19 heavy (non-hydrogen) atoms. The Bertz CT molecular complexity index is 219. The molecule has 0 aliphatic carbocycles. The highest BCUT2D eigenvalue weighted by atomic mass is 28.4. The number of hydrogen-bond acceptors (Lipinski definition) is 4. The summed E-state index contributed by atoms with van der Waals surface area (Å²) in [5.74, 6) is 0. The van der Waals surface area contributed by atoms with E-state index in [4.69, 9.17) is 8.85 Å². The van der Waals surface area contributed by atoms with E-state index >= 15 is 0 Å². The molecule has 5 heteroatoms. The van der Waals surface area contributed by atoms with Gasteiger partial charge in [0.15, 0.2) is 0 Å². The molecule has 0 aliphatic heterocycles. The highest BCUT2D eigenvalue weighted by Gasteiger charge is 2.52. The average molecular weight is 291 g/mol. The van der Waals surface area contributed by atoms with Crippen LogP contribution in [0.5, 0.6) is 0 Å². The summed E-state index contributed by atoms with van der Waals surface area (Å²) in [7, 11) is 1.09. The van der Waals surface area contributed by atoms with E-state index in [-0.39, 0.29) is 0 Å². The molecule has 0 unspecified atom stereocenters. The second-order valence-corrected chi connectivity index (χ2v) is 8.60. The van der Waals surface area contributed by atoms with E-state index in [0.29, 0.717) is 12.1 Å². The third-order valence-electron chi connectivity index (χ3n) is 3.36. The van der Waals surface area contributed by atoms with Gasteiger partial charge in [-0.15, -0.1) is 0 Å². The van der Waals surface area contributed by atoms with Crippen LogP contribution in [-0.4, -0.2) is 57.4 Å². The summed E-state index contributed by atoms with van der Waals surface area (Å²) in [5, 5.41) is 0. The van der Waals surface area contributed by atoms with Crippen molar-refractivity contribution in [2.75, 3.05) is 27.3 Å². The van der Waals surface area contributed by atoms with Crippen molar-refractivity contribution in [2.45, 2.75) is 66.5 Å². The molecular formula is C14H34N2O2Si. The minimum atomic E-state index is -2.50. The number of rotatable bonds is 10. The number of nitrogens with zero attached hydrogens (tertiary/aromatic N) is 2. The highest BCUT2D eigenvalue weighted by molar-refractivity contribution is 6.61. The van der Waals surface area contributed by atoms with Gasteiger partial charge in [-0.1, -0.05) is 41.5 Å². The first-order valence-corrected chi connectivity index (χ1v) is 9.26. The van der Waals surface area contributed by atoms with Gasteiger partial charge in [0, 0.05) is 26.3 Å². The van der Waals surface area contributed by atoms with Gasteiger partial charge in [0.2, 0.25) is 0 Å². The fraction of sp³-hybridized carbons (Fsp3) is 1.00. The molecule has 0 amide bonds. The fourth-order valence-electron chi connectivity index (χ4n) is 2.90. The zero-order chi connectivity index (χ0) is 15.1. The van der Waals surface area contributed by atoms with Crippen LogP contribution in [0.2, 0.25) is 0 Å². The van der Waals surface area contributed by atoms with Crippen LogP contribution in [0.4, 0.5) is 0 Å². The Morgan fingerprint density at radius 2 is 1.21 bits per heavy atom. The predicted molar refractivity (Wildman–Crippen MR) is 84.0 cm³/mol. The molecule has 0 aromatic carbocycles. The molecule has 0 aromatic rings. The Kier molecular flexibility index (Phi) is 9.10. The summed E-state index contributed by atoms with van der Waals surface area (Å²) < 4.78 is 16.9. The summed E-state index contributed by atoms with van der Waals surface area (Å²) in [6.45, 7) is 15.3. The molecule has 116 valence electrons. The molecule has 0 radical (unpaired) electrons. The molecule has 0 fully saturated rings. The maximum Gasteiger partial charge on any atom is 0.522 e. The SMILES string of the molecule is CCCN(CCC)[Si](OC)(OC)N(C(C)C)C(C)C. The monoisotopic (exact) mass is 290 g/mol. The maximum absolute atomic E-state index is 6.01. The lowest BCUT2D eigenvalue weighted by molar-refractivity contribution is 0.0661. The van der Waals surface area contributed by atoms with Gasteiger partial charge >= 0.3 is 8.88 Å². The van der Waals surface area contributed by atoms with Gasteiger partial charge in [0.05, 0.1) is 0 Å². The van der Waals surface area contributed by atoms with Crippen LogP contribution in [0, 0.1) is 0 Å².